The summed E-state index contributed by atoms with van der Waals surface area (Å²) in [6.07, 6.45) is 1.11. The Hall–Kier alpha value is -1.68. The molecule has 0 saturated heterocycles. The summed E-state index contributed by atoms with van der Waals surface area (Å²) in [6.45, 7) is 4.80. The highest BCUT2D eigenvalue weighted by atomic mass is 19.1. The summed E-state index contributed by atoms with van der Waals surface area (Å²) in [5.74, 6) is -0.801. The number of benzene rings is 1. The van der Waals surface area contributed by atoms with Crippen molar-refractivity contribution in [1.29, 1.82) is 0 Å². The van der Waals surface area contributed by atoms with Crippen molar-refractivity contribution in [1.82, 2.24) is 5.32 Å². The highest BCUT2D eigenvalue weighted by Gasteiger charge is 2.23. The van der Waals surface area contributed by atoms with Gasteiger partial charge in [-0.15, -0.1) is 0 Å². The minimum Gasteiger partial charge on any atom is -0.384 e. The first-order valence-corrected chi connectivity index (χ1v) is 4.84. The van der Waals surface area contributed by atoms with Crippen molar-refractivity contribution in [3.05, 3.63) is 48.3 Å². The van der Waals surface area contributed by atoms with Crippen LogP contribution in [0.4, 0.5) is 4.39 Å². The average molecular weight is 223 g/mol. The number of hydrogen-bond donors (Lipinski definition) is 2. The van der Waals surface area contributed by atoms with Crippen LogP contribution in [0.15, 0.2) is 36.9 Å². The highest BCUT2D eigenvalue weighted by molar-refractivity contribution is 5.86. The fourth-order valence-corrected chi connectivity index (χ4v) is 1.26. The number of aliphatic hydroxyl groups is 1. The summed E-state index contributed by atoms with van der Waals surface area (Å²) < 4.78 is 12.9. The van der Waals surface area contributed by atoms with Gasteiger partial charge in [0, 0.05) is 0 Å². The van der Waals surface area contributed by atoms with Crippen LogP contribution < -0.4 is 5.32 Å². The zero-order chi connectivity index (χ0) is 12.2. The first-order chi connectivity index (χ1) is 7.45. The molecule has 0 heterocycles. The van der Waals surface area contributed by atoms with E-state index in [1.165, 1.54) is 25.1 Å². The molecule has 1 rings (SSSR count). The standard InChI is InChI=1S/C12H14FNO2/c1-3-11(15)14-8-12(2,16)9-5-4-6-10(13)7-9/h3-7,16H,1,8H2,2H3,(H,14,15). The second-order valence-electron chi connectivity index (χ2n) is 3.71. The zero-order valence-corrected chi connectivity index (χ0v) is 9.03. The van der Waals surface area contributed by atoms with Crippen LogP contribution in [0, 0.1) is 5.82 Å². The molecule has 3 nitrogen and oxygen atoms in total. The van der Waals surface area contributed by atoms with Crippen molar-refractivity contribution < 1.29 is 14.3 Å². The smallest absolute Gasteiger partial charge is 0.243 e. The van der Waals surface area contributed by atoms with Crippen molar-refractivity contribution in [2.24, 2.45) is 0 Å². The number of carbonyl (C=O) groups is 1. The van der Waals surface area contributed by atoms with E-state index in [2.05, 4.69) is 11.9 Å². The third kappa shape index (κ3) is 3.17. The molecular weight excluding hydrogens is 209 g/mol. The number of nitrogens with one attached hydrogen (secondary N) is 1. The lowest BCUT2D eigenvalue weighted by molar-refractivity contribution is -0.117. The molecule has 16 heavy (non-hydrogen) atoms. The molecule has 0 radical (unpaired) electrons. The van der Waals surface area contributed by atoms with Crippen molar-refractivity contribution in [3.63, 3.8) is 0 Å². The third-order valence-electron chi connectivity index (χ3n) is 2.24. The van der Waals surface area contributed by atoms with Gasteiger partial charge >= 0.3 is 0 Å². The second-order valence-corrected chi connectivity index (χ2v) is 3.71. The van der Waals surface area contributed by atoms with E-state index in [1.54, 1.807) is 6.07 Å². The number of carbonyl (C=O) groups excluding carboxylic acids is 1. The van der Waals surface area contributed by atoms with Gasteiger partial charge in [-0.1, -0.05) is 18.7 Å². The number of halogens is 1. The Balaban J connectivity index is 2.77. The fraction of sp³-hybridized carbons (Fsp3) is 0.250. The summed E-state index contributed by atoms with van der Waals surface area (Å²) in [6, 6.07) is 5.64. The monoisotopic (exact) mass is 223 g/mol. The van der Waals surface area contributed by atoms with Crippen molar-refractivity contribution in [2.75, 3.05) is 6.54 Å². The Morgan fingerprint density at radius 1 is 1.69 bits per heavy atom. The van der Waals surface area contributed by atoms with Gasteiger partial charge in [-0.3, -0.25) is 4.79 Å². The first kappa shape index (κ1) is 12.4. The van der Waals surface area contributed by atoms with Crippen LogP contribution in [0.3, 0.4) is 0 Å². The van der Waals surface area contributed by atoms with Crippen molar-refractivity contribution >= 4 is 5.91 Å². The van der Waals surface area contributed by atoms with Crippen LogP contribution in [0.2, 0.25) is 0 Å². The zero-order valence-electron chi connectivity index (χ0n) is 9.03. The minimum atomic E-state index is -1.30. The van der Waals surface area contributed by atoms with Gasteiger partial charge in [0.05, 0.1) is 6.54 Å². The molecule has 1 unspecified atom stereocenters. The van der Waals surface area contributed by atoms with Crippen molar-refractivity contribution in [3.8, 4) is 0 Å². The molecule has 2 N–H and O–H groups in total. The van der Waals surface area contributed by atoms with E-state index in [1.807, 2.05) is 0 Å². The van der Waals surface area contributed by atoms with Gasteiger partial charge in [-0.2, -0.15) is 0 Å². The summed E-state index contributed by atoms with van der Waals surface area (Å²) >= 11 is 0. The van der Waals surface area contributed by atoms with E-state index < -0.39 is 11.4 Å². The Morgan fingerprint density at radius 2 is 2.38 bits per heavy atom. The minimum absolute atomic E-state index is 0.00130. The molecule has 0 aliphatic rings. The highest BCUT2D eigenvalue weighted by Crippen LogP contribution is 2.20. The maximum Gasteiger partial charge on any atom is 0.243 e. The quantitative estimate of drug-likeness (QED) is 0.757. The van der Waals surface area contributed by atoms with Gasteiger partial charge in [0.1, 0.15) is 11.4 Å². The van der Waals surface area contributed by atoms with Crippen LogP contribution in [0.5, 0.6) is 0 Å². The predicted molar refractivity (Wildman–Crippen MR) is 59.2 cm³/mol. The normalized spacial score (nSPS) is 13.9. The molecule has 0 fully saturated rings. The van der Waals surface area contributed by atoms with E-state index in [0.29, 0.717) is 5.56 Å². The molecule has 0 aliphatic carbocycles. The summed E-state index contributed by atoms with van der Waals surface area (Å²) in [5, 5.41) is 12.5. The summed E-state index contributed by atoms with van der Waals surface area (Å²) in [4.78, 5) is 10.9. The molecule has 4 heteroatoms. The summed E-state index contributed by atoms with van der Waals surface area (Å²) in [7, 11) is 0. The van der Waals surface area contributed by atoms with Gasteiger partial charge in [-0.05, 0) is 30.7 Å². The van der Waals surface area contributed by atoms with Crippen molar-refractivity contribution in [2.45, 2.75) is 12.5 Å². The molecule has 1 atom stereocenters. The molecule has 1 amide bonds. The number of hydrogen-bond acceptors (Lipinski definition) is 2. The average Bonchev–Trinajstić information content (AvgIpc) is 2.26. The fourth-order valence-electron chi connectivity index (χ4n) is 1.26. The SMILES string of the molecule is C=CC(=O)NCC(C)(O)c1cccc(F)c1. The molecule has 1 aromatic rings. The third-order valence-corrected chi connectivity index (χ3v) is 2.24. The molecule has 1 aromatic carbocycles. The van der Waals surface area contributed by atoms with Crippen LogP contribution >= 0.6 is 0 Å². The molecule has 0 aromatic heterocycles. The second kappa shape index (κ2) is 4.90. The van der Waals surface area contributed by atoms with Gasteiger partial charge in [0.15, 0.2) is 0 Å². The Kier molecular flexibility index (Phi) is 3.79. The maximum absolute atomic E-state index is 12.9. The van der Waals surface area contributed by atoms with Crippen LogP contribution in [0.25, 0.3) is 0 Å². The molecule has 86 valence electrons. The maximum atomic E-state index is 12.9. The molecule has 0 saturated carbocycles. The van der Waals surface area contributed by atoms with E-state index in [4.69, 9.17) is 0 Å². The summed E-state index contributed by atoms with van der Waals surface area (Å²) in [5.41, 5.74) is -0.891. The largest absolute Gasteiger partial charge is 0.384 e. The van der Waals surface area contributed by atoms with E-state index >= 15 is 0 Å². The van der Waals surface area contributed by atoms with Gasteiger partial charge in [0.2, 0.25) is 5.91 Å². The topological polar surface area (TPSA) is 49.3 Å². The number of amides is 1. The van der Waals surface area contributed by atoms with E-state index in [-0.39, 0.29) is 12.5 Å². The van der Waals surface area contributed by atoms with Crippen LogP contribution in [-0.4, -0.2) is 17.6 Å². The van der Waals surface area contributed by atoms with Crippen LogP contribution in [0.1, 0.15) is 12.5 Å². The van der Waals surface area contributed by atoms with E-state index in [0.717, 1.165) is 6.08 Å². The molecule has 0 aliphatic heterocycles. The van der Waals surface area contributed by atoms with Crippen LogP contribution in [-0.2, 0) is 10.4 Å². The molecular formula is C12H14FNO2. The van der Waals surface area contributed by atoms with E-state index in [9.17, 15) is 14.3 Å². The Morgan fingerprint density at radius 3 is 2.94 bits per heavy atom. The lowest BCUT2D eigenvalue weighted by Crippen LogP contribution is -2.37. The Bertz CT molecular complexity index is 402. The lowest BCUT2D eigenvalue weighted by atomic mass is 9.96. The lowest BCUT2D eigenvalue weighted by Gasteiger charge is -2.23. The molecule has 0 bridgehead atoms. The van der Waals surface area contributed by atoms with Gasteiger partial charge in [0.25, 0.3) is 0 Å². The van der Waals surface area contributed by atoms with Gasteiger partial charge < -0.3 is 10.4 Å². The number of rotatable bonds is 4. The van der Waals surface area contributed by atoms with Gasteiger partial charge in [-0.25, -0.2) is 4.39 Å². The molecule has 0 spiro atoms. The Labute approximate surface area is 93.6 Å². The predicted octanol–water partition coefficient (Wildman–Crippen LogP) is 1.34. The first-order valence-electron chi connectivity index (χ1n) is 4.84.